The molecule has 0 unspecified atom stereocenters. The number of rotatable bonds is 4. The summed E-state index contributed by atoms with van der Waals surface area (Å²) in [6.07, 6.45) is 4.84. The summed E-state index contributed by atoms with van der Waals surface area (Å²) >= 11 is 0. The lowest BCUT2D eigenvalue weighted by molar-refractivity contribution is -0.127. The van der Waals surface area contributed by atoms with Crippen molar-refractivity contribution in [1.29, 1.82) is 0 Å². The third kappa shape index (κ3) is 4.98. The van der Waals surface area contributed by atoms with Gasteiger partial charge in [-0.3, -0.25) is 14.4 Å². The Kier molecular flexibility index (Phi) is 6.08. The maximum Gasteiger partial charge on any atom is 0.255 e. The summed E-state index contributed by atoms with van der Waals surface area (Å²) in [4.78, 5) is 42.3. The number of nitrogens with one attached hydrogen (secondary N) is 1. The van der Waals surface area contributed by atoms with Crippen molar-refractivity contribution in [2.75, 3.05) is 26.2 Å². The van der Waals surface area contributed by atoms with Crippen LogP contribution < -0.4 is 5.56 Å². The van der Waals surface area contributed by atoms with Crippen molar-refractivity contribution < 1.29 is 9.59 Å². The number of aromatic nitrogens is 1. The lowest BCUT2D eigenvalue weighted by Crippen LogP contribution is -2.50. The SMILES string of the molecule is O=C(/C=C/c1cccc(-c2ccccc2)c1)N1CCN(C(=O)c2ccc(=O)[nH]c2)CC1. The highest BCUT2D eigenvalue weighted by Gasteiger charge is 2.23. The third-order valence-electron chi connectivity index (χ3n) is 5.32. The van der Waals surface area contributed by atoms with E-state index in [1.165, 1.54) is 18.3 Å². The molecule has 0 bridgehead atoms. The number of amides is 2. The second kappa shape index (κ2) is 9.26. The number of benzene rings is 2. The van der Waals surface area contributed by atoms with Crippen LogP contribution in [0.5, 0.6) is 0 Å². The van der Waals surface area contributed by atoms with Crippen LogP contribution in [-0.2, 0) is 4.79 Å². The monoisotopic (exact) mass is 413 g/mol. The fourth-order valence-corrected chi connectivity index (χ4v) is 3.58. The highest BCUT2D eigenvalue weighted by Crippen LogP contribution is 2.20. The molecule has 31 heavy (non-hydrogen) atoms. The average molecular weight is 413 g/mol. The van der Waals surface area contributed by atoms with Crippen LogP contribution in [0.15, 0.2) is 83.8 Å². The van der Waals surface area contributed by atoms with Gasteiger partial charge < -0.3 is 14.8 Å². The molecule has 1 aromatic heterocycles. The highest BCUT2D eigenvalue weighted by atomic mass is 16.2. The standard InChI is InChI=1S/C25H23N3O3/c29-23-11-10-22(18-26-23)25(31)28-15-13-27(14-16-28)24(30)12-9-19-5-4-8-21(17-19)20-6-2-1-3-7-20/h1-12,17-18H,13-16H2,(H,26,29)/b12-9+. The van der Waals surface area contributed by atoms with E-state index in [2.05, 4.69) is 23.2 Å². The maximum atomic E-state index is 12.6. The molecule has 0 radical (unpaired) electrons. The minimum atomic E-state index is -0.243. The summed E-state index contributed by atoms with van der Waals surface area (Å²) in [6.45, 7) is 1.87. The molecular formula is C25H23N3O3. The molecule has 0 saturated carbocycles. The van der Waals surface area contributed by atoms with E-state index >= 15 is 0 Å². The van der Waals surface area contributed by atoms with E-state index in [-0.39, 0.29) is 17.4 Å². The van der Waals surface area contributed by atoms with E-state index < -0.39 is 0 Å². The van der Waals surface area contributed by atoms with Crippen LogP contribution in [0.3, 0.4) is 0 Å². The minimum Gasteiger partial charge on any atom is -0.336 e. The third-order valence-corrected chi connectivity index (χ3v) is 5.32. The number of piperazine rings is 1. The molecule has 1 aliphatic heterocycles. The highest BCUT2D eigenvalue weighted by molar-refractivity contribution is 5.95. The molecule has 1 saturated heterocycles. The van der Waals surface area contributed by atoms with Gasteiger partial charge in [0.2, 0.25) is 11.5 Å². The van der Waals surface area contributed by atoms with E-state index in [9.17, 15) is 14.4 Å². The van der Waals surface area contributed by atoms with Gasteiger partial charge in [-0.05, 0) is 34.9 Å². The Bertz CT molecular complexity index is 1140. The first-order valence-corrected chi connectivity index (χ1v) is 10.2. The number of nitrogens with zero attached hydrogens (tertiary/aromatic N) is 2. The molecule has 2 amide bonds. The molecule has 0 aliphatic carbocycles. The zero-order valence-electron chi connectivity index (χ0n) is 17.0. The Morgan fingerprint density at radius 1 is 0.806 bits per heavy atom. The van der Waals surface area contributed by atoms with Crippen LogP contribution in [0.4, 0.5) is 0 Å². The van der Waals surface area contributed by atoms with Crippen molar-refractivity contribution in [3.05, 3.63) is 100 Å². The van der Waals surface area contributed by atoms with Crippen molar-refractivity contribution in [3.8, 4) is 11.1 Å². The van der Waals surface area contributed by atoms with Gasteiger partial charge in [0.25, 0.3) is 5.91 Å². The number of carbonyl (C=O) groups is 2. The van der Waals surface area contributed by atoms with Crippen molar-refractivity contribution in [2.24, 2.45) is 0 Å². The number of carbonyl (C=O) groups excluding carboxylic acids is 2. The van der Waals surface area contributed by atoms with Crippen molar-refractivity contribution in [1.82, 2.24) is 14.8 Å². The molecular weight excluding hydrogens is 390 g/mol. The summed E-state index contributed by atoms with van der Waals surface area (Å²) < 4.78 is 0. The van der Waals surface area contributed by atoms with Crippen LogP contribution in [0.1, 0.15) is 15.9 Å². The van der Waals surface area contributed by atoms with Gasteiger partial charge in [0.15, 0.2) is 0 Å². The topological polar surface area (TPSA) is 73.5 Å². The molecule has 1 aliphatic rings. The molecule has 6 nitrogen and oxygen atoms in total. The average Bonchev–Trinajstić information content (AvgIpc) is 2.83. The summed E-state index contributed by atoms with van der Waals surface area (Å²) in [5.74, 6) is -0.210. The van der Waals surface area contributed by atoms with Gasteiger partial charge in [0.1, 0.15) is 0 Å². The molecule has 156 valence electrons. The first-order chi connectivity index (χ1) is 15.1. The van der Waals surface area contributed by atoms with Gasteiger partial charge in [-0.25, -0.2) is 0 Å². The fourth-order valence-electron chi connectivity index (χ4n) is 3.58. The largest absolute Gasteiger partial charge is 0.336 e. The zero-order chi connectivity index (χ0) is 21.6. The maximum absolute atomic E-state index is 12.6. The molecule has 4 rings (SSSR count). The van der Waals surface area contributed by atoms with Gasteiger partial charge in [-0.15, -0.1) is 0 Å². The minimum absolute atomic E-state index is 0.0683. The smallest absolute Gasteiger partial charge is 0.255 e. The molecule has 1 N–H and O–H groups in total. The predicted molar refractivity (Wildman–Crippen MR) is 120 cm³/mol. The predicted octanol–water partition coefficient (Wildman–Crippen LogP) is 3.04. The molecule has 2 aromatic carbocycles. The van der Waals surface area contributed by atoms with E-state index in [0.717, 1.165) is 16.7 Å². The Morgan fingerprint density at radius 2 is 1.52 bits per heavy atom. The van der Waals surface area contributed by atoms with E-state index in [1.54, 1.807) is 15.9 Å². The molecule has 0 spiro atoms. The number of aromatic amines is 1. The van der Waals surface area contributed by atoms with Crippen LogP contribution in [0, 0.1) is 0 Å². The summed E-state index contributed by atoms with van der Waals surface area (Å²) in [7, 11) is 0. The summed E-state index contributed by atoms with van der Waals surface area (Å²) in [6, 6.07) is 21.0. The fraction of sp³-hybridized carbons (Fsp3) is 0.160. The van der Waals surface area contributed by atoms with Crippen molar-refractivity contribution >= 4 is 17.9 Å². The molecule has 2 heterocycles. The summed E-state index contributed by atoms with van der Waals surface area (Å²) in [5.41, 5.74) is 3.39. The molecule has 6 heteroatoms. The Morgan fingerprint density at radius 3 is 2.23 bits per heavy atom. The zero-order valence-corrected chi connectivity index (χ0v) is 17.0. The van der Waals surface area contributed by atoms with E-state index in [1.807, 2.05) is 42.5 Å². The lowest BCUT2D eigenvalue weighted by Gasteiger charge is -2.34. The second-order valence-electron chi connectivity index (χ2n) is 7.38. The van der Waals surface area contributed by atoms with Crippen LogP contribution in [-0.4, -0.2) is 52.8 Å². The van der Waals surface area contributed by atoms with Crippen LogP contribution in [0.25, 0.3) is 17.2 Å². The Balaban J connectivity index is 1.35. The van der Waals surface area contributed by atoms with E-state index in [4.69, 9.17) is 0 Å². The van der Waals surface area contributed by atoms with Crippen molar-refractivity contribution in [3.63, 3.8) is 0 Å². The number of hydrogen-bond acceptors (Lipinski definition) is 3. The lowest BCUT2D eigenvalue weighted by atomic mass is 10.0. The first-order valence-electron chi connectivity index (χ1n) is 10.2. The number of hydrogen-bond donors (Lipinski definition) is 1. The van der Waals surface area contributed by atoms with Gasteiger partial charge in [-0.2, -0.15) is 0 Å². The molecule has 0 atom stereocenters. The van der Waals surface area contributed by atoms with Crippen LogP contribution >= 0.6 is 0 Å². The summed E-state index contributed by atoms with van der Waals surface area (Å²) in [5, 5.41) is 0. The quantitative estimate of drug-likeness (QED) is 0.668. The van der Waals surface area contributed by atoms with Gasteiger partial charge >= 0.3 is 0 Å². The number of H-pyrrole nitrogens is 1. The van der Waals surface area contributed by atoms with Gasteiger partial charge in [0, 0.05) is 44.5 Å². The first kappa shape index (κ1) is 20.3. The second-order valence-corrected chi connectivity index (χ2v) is 7.38. The van der Waals surface area contributed by atoms with Crippen molar-refractivity contribution in [2.45, 2.75) is 0 Å². The normalized spacial score (nSPS) is 14.1. The molecule has 1 fully saturated rings. The van der Waals surface area contributed by atoms with E-state index in [0.29, 0.717) is 31.7 Å². The molecule has 3 aromatic rings. The number of pyridine rings is 1. The van der Waals surface area contributed by atoms with Gasteiger partial charge in [-0.1, -0.05) is 48.5 Å². The van der Waals surface area contributed by atoms with Crippen LogP contribution in [0.2, 0.25) is 0 Å². The Labute approximate surface area is 180 Å². The van der Waals surface area contributed by atoms with Gasteiger partial charge in [0.05, 0.1) is 5.56 Å². The Hall–Kier alpha value is -3.93.